The highest BCUT2D eigenvalue weighted by atomic mass is 16.6. The van der Waals surface area contributed by atoms with Crippen LogP contribution in [-0.2, 0) is 4.74 Å². The highest BCUT2D eigenvalue weighted by Crippen LogP contribution is 2.45. The number of aliphatic hydroxyl groups excluding tert-OH is 1. The minimum Gasteiger partial charge on any atom is -0.444 e. The van der Waals surface area contributed by atoms with Gasteiger partial charge >= 0.3 is 6.09 Å². The third-order valence-electron chi connectivity index (χ3n) is 5.56. The molecule has 2 saturated heterocycles. The highest BCUT2D eigenvalue weighted by Gasteiger charge is 2.52. The summed E-state index contributed by atoms with van der Waals surface area (Å²) in [5, 5.41) is 21.6. The lowest BCUT2D eigenvalue weighted by Gasteiger charge is -2.51. The van der Waals surface area contributed by atoms with Gasteiger partial charge in [-0.1, -0.05) is 0 Å². The molecule has 1 amide bonds. The smallest absolute Gasteiger partial charge is 0.410 e. The van der Waals surface area contributed by atoms with Crippen molar-refractivity contribution in [2.45, 2.75) is 64.1 Å². The maximum Gasteiger partial charge on any atom is 0.410 e. The van der Waals surface area contributed by atoms with E-state index in [2.05, 4.69) is 11.9 Å². The molecule has 0 aliphatic carbocycles. The Morgan fingerprint density at radius 2 is 1.79 bits per heavy atom. The summed E-state index contributed by atoms with van der Waals surface area (Å²) in [6.45, 7) is 8.19. The van der Waals surface area contributed by atoms with Crippen molar-refractivity contribution in [3.8, 4) is 0 Å². The number of piperidine rings is 1. The molecule has 0 spiro atoms. The van der Waals surface area contributed by atoms with Crippen LogP contribution in [0.4, 0.5) is 4.79 Å². The Hall–Kier alpha value is -0.850. The number of ether oxygens (including phenoxy) is 1. The van der Waals surface area contributed by atoms with Crippen LogP contribution in [0.1, 0.15) is 52.9 Å². The molecule has 0 radical (unpaired) electrons. The third kappa shape index (κ3) is 4.21. The van der Waals surface area contributed by atoms with Gasteiger partial charge in [0.15, 0.2) is 0 Å². The molecule has 2 heterocycles. The molecule has 2 aliphatic heterocycles. The molecular formula is C18H34N2O4. The summed E-state index contributed by atoms with van der Waals surface area (Å²) in [6.07, 6.45) is 3.36. The van der Waals surface area contributed by atoms with Gasteiger partial charge in [-0.15, -0.1) is 0 Å². The van der Waals surface area contributed by atoms with E-state index in [0.29, 0.717) is 25.9 Å². The van der Waals surface area contributed by atoms with Gasteiger partial charge in [0.2, 0.25) is 0 Å². The minimum absolute atomic E-state index is 0.105. The molecule has 0 saturated carbocycles. The summed E-state index contributed by atoms with van der Waals surface area (Å²) < 4.78 is 5.49. The Morgan fingerprint density at radius 1 is 1.12 bits per heavy atom. The Labute approximate surface area is 145 Å². The van der Waals surface area contributed by atoms with Crippen LogP contribution in [0.15, 0.2) is 0 Å². The quantitative estimate of drug-likeness (QED) is 0.801. The van der Waals surface area contributed by atoms with Crippen molar-refractivity contribution in [3.05, 3.63) is 0 Å². The van der Waals surface area contributed by atoms with Gasteiger partial charge in [0, 0.05) is 25.0 Å². The van der Waals surface area contributed by atoms with Crippen LogP contribution in [0, 0.1) is 5.41 Å². The molecule has 6 heteroatoms. The molecule has 2 atom stereocenters. The number of carbonyl (C=O) groups excluding carboxylic acids is 1. The maximum atomic E-state index is 12.5. The number of nitrogens with zero attached hydrogens (tertiary/aromatic N) is 2. The van der Waals surface area contributed by atoms with Crippen LogP contribution in [0.3, 0.4) is 0 Å². The summed E-state index contributed by atoms with van der Waals surface area (Å²) in [6, 6.07) is 0. The fourth-order valence-electron chi connectivity index (χ4n) is 4.05. The largest absolute Gasteiger partial charge is 0.444 e. The van der Waals surface area contributed by atoms with Crippen molar-refractivity contribution in [3.63, 3.8) is 0 Å². The van der Waals surface area contributed by atoms with E-state index in [4.69, 9.17) is 4.74 Å². The first-order chi connectivity index (χ1) is 11.1. The molecule has 0 aromatic heterocycles. The van der Waals surface area contributed by atoms with Gasteiger partial charge in [-0.25, -0.2) is 4.79 Å². The van der Waals surface area contributed by atoms with E-state index in [9.17, 15) is 15.0 Å². The van der Waals surface area contributed by atoms with Crippen LogP contribution in [0.5, 0.6) is 0 Å². The number of aliphatic hydroxyl groups is 2. The monoisotopic (exact) mass is 342 g/mol. The van der Waals surface area contributed by atoms with Crippen LogP contribution in [0.25, 0.3) is 0 Å². The molecular weight excluding hydrogens is 308 g/mol. The SMILES string of the molecule is CN1CCCC(O)(C2(CO)CCCN(C(=O)OC(C)(C)C)C2)CC1. The van der Waals surface area contributed by atoms with Crippen molar-refractivity contribution in [1.82, 2.24) is 9.80 Å². The normalized spacial score (nSPS) is 33.2. The molecule has 2 N–H and O–H groups in total. The van der Waals surface area contributed by atoms with Crippen LogP contribution in [0.2, 0.25) is 0 Å². The fraction of sp³-hybridized carbons (Fsp3) is 0.944. The van der Waals surface area contributed by atoms with Crippen molar-refractivity contribution < 1.29 is 19.7 Å². The zero-order valence-electron chi connectivity index (χ0n) is 15.7. The molecule has 6 nitrogen and oxygen atoms in total. The summed E-state index contributed by atoms with van der Waals surface area (Å²) in [5.74, 6) is 0. The predicted molar refractivity (Wildman–Crippen MR) is 92.9 cm³/mol. The van der Waals surface area contributed by atoms with Gasteiger partial charge in [-0.05, 0) is 66.5 Å². The molecule has 0 aromatic rings. The van der Waals surface area contributed by atoms with Crippen LogP contribution >= 0.6 is 0 Å². The van der Waals surface area contributed by atoms with E-state index >= 15 is 0 Å². The first-order valence-electron chi connectivity index (χ1n) is 9.11. The van der Waals surface area contributed by atoms with E-state index in [1.165, 1.54) is 0 Å². The van der Waals surface area contributed by atoms with Crippen molar-refractivity contribution in [2.75, 3.05) is 39.8 Å². The zero-order valence-corrected chi connectivity index (χ0v) is 15.7. The number of likely N-dealkylation sites (tertiary alicyclic amines) is 2. The average molecular weight is 342 g/mol. The molecule has 0 aromatic carbocycles. The van der Waals surface area contributed by atoms with Crippen molar-refractivity contribution >= 4 is 6.09 Å². The summed E-state index contributed by atoms with van der Waals surface area (Å²) in [7, 11) is 2.06. The van der Waals surface area contributed by atoms with Gasteiger partial charge in [-0.2, -0.15) is 0 Å². The molecule has 24 heavy (non-hydrogen) atoms. The second kappa shape index (κ2) is 7.18. The fourth-order valence-corrected chi connectivity index (χ4v) is 4.05. The first-order valence-corrected chi connectivity index (χ1v) is 9.11. The molecule has 140 valence electrons. The standard InChI is InChI=1S/C18H34N2O4/c1-16(2,3)24-15(22)20-11-5-7-17(13-20,14-21)18(23)8-6-10-19(4)12-9-18/h21,23H,5-14H2,1-4H3. The van der Waals surface area contributed by atoms with Gasteiger partial charge < -0.3 is 24.7 Å². The first kappa shape index (κ1) is 19.5. The molecule has 2 aliphatic rings. The maximum absolute atomic E-state index is 12.5. The molecule has 2 fully saturated rings. The summed E-state index contributed by atoms with van der Waals surface area (Å²) in [5.41, 5.74) is -2.14. The highest BCUT2D eigenvalue weighted by molar-refractivity contribution is 5.68. The Kier molecular flexibility index (Phi) is 5.83. The lowest BCUT2D eigenvalue weighted by Crippen LogP contribution is -2.60. The summed E-state index contributed by atoms with van der Waals surface area (Å²) >= 11 is 0. The second-order valence-electron chi connectivity index (χ2n) is 8.63. The minimum atomic E-state index is -0.937. The molecule has 2 unspecified atom stereocenters. The average Bonchev–Trinajstić information content (AvgIpc) is 2.68. The van der Waals surface area contributed by atoms with Crippen molar-refractivity contribution in [2.24, 2.45) is 5.41 Å². The lowest BCUT2D eigenvalue weighted by molar-refractivity contribution is -0.144. The second-order valence-corrected chi connectivity index (χ2v) is 8.63. The topological polar surface area (TPSA) is 73.2 Å². The van der Waals surface area contributed by atoms with E-state index in [1.54, 1.807) is 4.90 Å². The third-order valence-corrected chi connectivity index (χ3v) is 5.56. The lowest BCUT2D eigenvalue weighted by atomic mass is 9.64. The number of rotatable bonds is 2. The van der Waals surface area contributed by atoms with E-state index in [0.717, 1.165) is 32.4 Å². The molecule has 2 rings (SSSR count). The summed E-state index contributed by atoms with van der Waals surface area (Å²) in [4.78, 5) is 16.3. The van der Waals surface area contributed by atoms with Gasteiger partial charge in [0.05, 0.1) is 12.2 Å². The number of carbonyl (C=O) groups is 1. The van der Waals surface area contributed by atoms with Crippen molar-refractivity contribution in [1.29, 1.82) is 0 Å². The van der Waals surface area contributed by atoms with E-state index in [-0.39, 0.29) is 12.7 Å². The Balaban J connectivity index is 2.17. The Bertz CT molecular complexity index is 451. The number of amides is 1. The molecule has 0 bridgehead atoms. The van der Waals surface area contributed by atoms with Crippen LogP contribution in [-0.4, -0.2) is 77.1 Å². The van der Waals surface area contributed by atoms with Gasteiger partial charge in [0.25, 0.3) is 0 Å². The predicted octanol–water partition coefficient (Wildman–Crippen LogP) is 1.84. The van der Waals surface area contributed by atoms with Crippen LogP contribution < -0.4 is 0 Å². The van der Waals surface area contributed by atoms with Gasteiger partial charge in [-0.3, -0.25) is 0 Å². The van der Waals surface area contributed by atoms with E-state index in [1.807, 2.05) is 20.8 Å². The number of hydrogen-bond donors (Lipinski definition) is 2. The van der Waals surface area contributed by atoms with Gasteiger partial charge in [0.1, 0.15) is 5.60 Å². The van der Waals surface area contributed by atoms with E-state index < -0.39 is 16.6 Å². The number of hydrogen-bond acceptors (Lipinski definition) is 5. The zero-order chi connectivity index (χ0) is 18.0. The Morgan fingerprint density at radius 3 is 2.42 bits per heavy atom.